The van der Waals surface area contributed by atoms with Crippen LogP contribution in [-0.2, 0) is 4.79 Å². The Morgan fingerprint density at radius 1 is 1.18 bits per heavy atom. The molecule has 2 heterocycles. The summed E-state index contributed by atoms with van der Waals surface area (Å²) in [6, 6.07) is 9.63. The third kappa shape index (κ3) is 4.35. The molecule has 2 amide bonds. The number of amides is 2. The number of nitrogens with two attached hydrogens (primary N) is 1. The predicted molar refractivity (Wildman–Crippen MR) is 124 cm³/mol. The summed E-state index contributed by atoms with van der Waals surface area (Å²) in [4.78, 5) is 33.9. The minimum atomic E-state index is -0.886. The zero-order valence-corrected chi connectivity index (χ0v) is 18.9. The molecule has 0 aliphatic carbocycles. The molecule has 3 N–H and O–H groups in total. The maximum atomic E-state index is 14.3. The highest BCUT2D eigenvalue weighted by molar-refractivity contribution is 5.99. The van der Waals surface area contributed by atoms with Crippen LogP contribution in [0.5, 0.6) is 0 Å². The number of hydrogen-bond acceptors (Lipinski definition) is 6. The van der Waals surface area contributed by atoms with Gasteiger partial charge in [0, 0.05) is 41.5 Å². The monoisotopic (exact) mass is 462 g/mol. The van der Waals surface area contributed by atoms with Crippen LogP contribution in [0, 0.1) is 12.7 Å². The molecule has 1 atom stereocenters. The second kappa shape index (κ2) is 8.99. The molecular formula is C24H23FN6O3. The Morgan fingerprint density at radius 2 is 1.88 bits per heavy atom. The zero-order valence-electron chi connectivity index (χ0n) is 18.9. The fraction of sp³-hybridized carbons (Fsp3) is 0.208. The number of benzene rings is 2. The Morgan fingerprint density at radius 3 is 2.53 bits per heavy atom. The first-order valence-corrected chi connectivity index (χ1v) is 10.5. The smallest absolute Gasteiger partial charge is 0.254 e. The summed E-state index contributed by atoms with van der Waals surface area (Å²) >= 11 is 0. The van der Waals surface area contributed by atoms with E-state index in [0.29, 0.717) is 33.3 Å². The number of aromatic nitrogens is 4. The van der Waals surface area contributed by atoms with Crippen LogP contribution < -0.4 is 5.73 Å². The molecule has 2 aromatic carbocycles. The number of rotatable bonds is 6. The minimum absolute atomic E-state index is 0.184. The Labute approximate surface area is 194 Å². The molecule has 0 fully saturated rings. The van der Waals surface area contributed by atoms with Crippen molar-refractivity contribution in [3.8, 4) is 17.1 Å². The molecule has 0 radical (unpaired) electrons. The predicted octanol–water partition coefficient (Wildman–Crippen LogP) is 2.54. The molecular weight excluding hydrogens is 439 g/mol. The number of primary amides is 1. The third-order valence-corrected chi connectivity index (χ3v) is 5.35. The van der Waals surface area contributed by atoms with Crippen molar-refractivity contribution in [2.75, 3.05) is 13.6 Å². The van der Waals surface area contributed by atoms with Gasteiger partial charge in [0.1, 0.15) is 5.82 Å². The van der Waals surface area contributed by atoms with E-state index in [-0.39, 0.29) is 18.3 Å². The van der Waals surface area contributed by atoms with Crippen molar-refractivity contribution in [3.05, 3.63) is 71.4 Å². The van der Waals surface area contributed by atoms with Crippen LogP contribution in [0.1, 0.15) is 34.6 Å². The highest BCUT2D eigenvalue weighted by Gasteiger charge is 2.20. The summed E-state index contributed by atoms with van der Waals surface area (Å²) in [5.74, 6) is -1.23. The molecule has 34 heavy (non-hydrogen) atoms. The summed E-state index contributed by atoms with van der Waals surface area (Å²) in [7, 11) is 1.47. The number of hydrogen-bond donors (Lipinski definition) is 2. The van der Waals surface area contributed by atoms with Gasteiger partial charge >= 0.3 is 0 Å². The maximum absolute atomic E-state index is 14.3. The molecule has 0 saturated carbocycles. The number of likely N-dealkylation sites (N-methyl/N-ethyl adjacent to an activating group) is 1. The lowest BCUT2D eigenvalue weighted by molar-refractivity contribution is -0.118. The quantitative estimate of drug-likeness (QED) is 0.453. The van der Waals surface area contributed by atoms with E-state index < -0.39 is 17.9 Å². The molecule has 2 aromatic heterocycles. The summed E-state index contributed by atoms with van der Waals surface area (Å²) in [6.45, 7) is 3.22. The number of aryl methyl sites for hydroxylation is 1. The number of carbonyl (C=O) groups is 2. The van der Waals surface area contributed by atoms with Crippen LogP contribution in [0.3, 0.4) is 0 Å². The second-order valence-electron chi connectivity index (χ2n) is 8.09. The number of aliphatic hydroxyl groups excluding tert-OH is 1. The van der Waals surface area contributed by atoms with Crippen LogP contribution in [0.15, 0.2) is 48.8 Å². The Hall–Kier alpha value is -4.18. The molecule has 174 valence electrons. The molecule has 9 nitrogen and oxygen atoms in total. The van der Waals surface area contributed by atoms with Gasteiger partial charge in [-0.1, -0.05) is 17.7 Å². The van der Waals surface area contributed by atoms with E-state index >= 15 is 0 Å². The average Bonchev–Trinajstić information content (AvgIpc) is 3.19. The average molecular weight is 462 g/mol. The molecule has 1 unspecified atom stereocenters. The highest BCUT2D eigenvalue weighted by Crippen LogP contribution is 2.28. The SMILES string of the molecule is Cc1ccc(F)c(-c2cnc(-n3nc(C(C)O)c4ccc(C(=O)N(C)CC(N)=O)cc43)nc2)c1. The summed E-state index contributed by atoms with van der Waals surface area (Å²) in [5, 5.41) is 15.3. The Kier molecular flexibility index (Phi) is 6.08. The fourth-order valence-corrected chi connectivity index (χ4v) is 3.69. The van der Waals surface area contributed by atoms with Gasteiger partial charge in [-0.2, -0.15) is 9.78 Å². The van der Waals surface area contributed by atoms with Gasteiger partial charge in [0.15, 0.2) is 0 Å². The van der Waals surface area contributed by atoms with Crippen molar-refractivity contribution in [3.63, 3.8) is 0 Å². The molecule has 0 aliphatic heterocycles. The van der Waals surface area contributed by atoms with E-state index in [2.05, 4.69) is 15.1 Å². The molecule has 4 aromatic rings. The van der Waals surface area contributed by atoms with Crippen LogP contribution >= 0.6 is 0 Å². The number of halogens is 1. The van der Waals surface area contributed by atoms with E-state index in [9.17, 15) is 19.1 Å². The van der Waals surface area contributed by atoms with Crippen molar-refractivity contribution in [2.24, 2.45) is 5.73 Å². The summed E-state index contributed by atoms with van der Waals surface area (Å²) < 4.78 is 15.7. The molecule has 0 spiro atoms. The lowest BCUT2D eigenvalue weighted by Crippen LogP contribution is -2.35. The first-order valence-electron chi connectivity index (χ1n) is 10.5. The van der Waals surface area contributed by atoms with Crippen molar-refractivity contribution < 1.29 is 19.1 Å². The maximum Gasteiger partial charge on any atom is 0.254 e. The summed E-state index contributed by atoms with van der Waals surface area (Å²) in [5.41, 5.74) is 8.15. The topological polar surface area (TPSA) is 127 Å². The number of fused-ring (bicyclic) bond motifs is 1. The standard InChI is InChI=1S/C24H23FN6O3/c1-13-4-7-19(25)18(8-13)16-10-27-24(28-11-16)31-20-9-15(23(34)30(3)12-21(26)33)5-6-17(20)22(29-31)14(2)32/h4-11,14,32H,12H2,1-3H3,(H2,26,33). The van der Waals surface area contributed by atoms with Crippen molar-refractivity contribution in [1.29, 1.82) is 0 Å². The zero-order chi connectivity index (χ0) is 24.6. The third-order valence-electron chi connectivity index (χ3n) is 5.35. The molecule has 0 bridgehead atoms. The van der Waals surface area contributed by atoms with Crippen molar-refractivity contribution in [2.45, 2.75) is 20.0 Å². The normalized spacial score (nSPS) is 12.0. The largest absolute Gasteiger partial charge is 0.387 e. The first-order chi connectivity index (χ1) is 16.2. The van der Waals surface area contributed by atoms with Gasteiger partial charge in [0.2, 0.25) is 5.91 Å². The van der Waals surface area contributed by atoms with Gasteiger partial charge in [0.05, 0.1) is 23.9 Å². The first kappa shape index (κ1) is 23.0. The van der Waals surface area contributed by atoms with Gasteiger partial charge in [-0.25, -0.2) is 14.4 Å². The Balaban J connectivity index is 1.79. The van der Waals surface area contributed by atoms with Gasteiger partial charge in [-0.15, -0.1) is 0 Å². The van der Waals surface area contributed by atoms with Crippen LogP contribution in [0.4, 0.5) is 4.39 Å². The van der Waals surface area contributed by atoms with Crippen LogP contribution in [0.2, 0.25) is 0 Å². The number of carbonyl (C=O) groups excluding carboxylic acids is 2. The van der Waals surface area contributed by atoms with Crippen molar-refractivity contribution in [1.82, 2.24) is 24.6 Å². The lowest BCUT2D eigenvalue weighted by atomic mass is 10.1. The van der Waals surface area contributed by atoms with Gasteiger partial charge < -0.3 is 15.7 Å². The van der Waals surface area contributed by atoms with E-state index in [1.807, 2.05) is 6.92 Å². The molecule has 4 rings (SSSR count). The van der Waals surface area contributed by atoms with Gasteiger partial charge in [-0.3, -0.25) is 9.59 Å². The molecule has 10 heteroatoms. The van der Waals surface area contributed by atoms with Crippen LogP contribution in [-0.4, -0.2) is 55.2 Å². The van der Waals surface area contributed by atoms with E-state index in [0.717, 1.165) is 5.56 Å². The van der Waals surface area contributed by atoms with E-state index in [4.69, 9.17) is 5.73 Å². The lowest BCUT2D eigenvalue weighted by Gasteiger charge is -2.15. The van der Waals surface area contributed by atoms with E-state index in [1.54, 1.807) is 37.3 Å². The second-order valence-corrected chi connectivity index (χ2v) is 8.09. The van der Waals surface area contributed by atoms with Crippen molar-refractivity contribution >= 4 is 22.7 Å². The van der Waals surface area contributed by atoms with Gasteiger partial charge in [0.25, 0.3) is 11.9 Å². The van der Waals surface area contributed by atoms with Crippen LogP contribution in [0.25, 0.3) is 28.0 Å². The van der Waals surface area contributed by atoms with Gasteiger partial charge in [-0.05, 0) is 38.1 Å². The minimum Gasteiger partial charge on any atom is -0.387 e. The Bertz CT molecular complexity index is 1400. The summed E-state index contributed by atoms with van der Waals surface area (Å²) in [6.07, 6.45) is 2.10. The molecule has 0 saturated heterocycles. The fourth-order valence-electron chi connectivity index (χ4n) is 3.69. The van der Waals surface area contributed by atoms with E-state index in [1.165, 1.54) is 35.1 Å². The number of nitrogens with zero attached hydrogens (tertiary/aromatic N) is 5. The highest BCUT2D eigenvalue weighted by atomic mass is 19.1. The number of aliphatic hydroxyl groups is 1. The molecule has 0 aliphatic rings.